The molecule has 20 heavy (non-hydrogen) atoms. The van der Waals surface area contributed by atoms with Crippen LogP contribution in [0.2, 0.25) is 0 Å². The van der Waals surface area contributed by atoms with E-state index >= 15 is 0 Å². The van der Waals surface area contributed by atoms with Crippen LogP contribution in [-0.4, -0.2) is 26.8 Å². The number of thioether (sulfide) groups is 1. The van der Waals surface area contributed by atoms with Crippen molar-refractivity contribution < 1.29 is 4.42 Å². The summed E-state index contributed by atoms with van der Waals surface area (Å²) in [7, 11) is 0. The van der Waals surface area contributed by atoms with Gasteiger partial charge in [0.1, 0.15) is 11.5 Å². The van der Waals surface area contributed by atoms with Crippen molar-refractivity contribution in [3.8, 4) is 0 Å². The lowest BCUT2D eigenvalue weighted by Gasteiger charge is -2.14. The fourth-order valence-corrected chi connectivity index (χ4v) is 3.59. The molecule has 2 N–H and O–H groups in total. The fourth-order valence-electron chi connectivity index (χ4n) is 2.62. The molecule has 1 fully saturated rings. The molecule has 0 radical (unpaired) electrons. The summed E-state index contributed by atoms with van der Waals surface area (Å²) in [5.74, 6) is 1.78. The van der Waals surface area contributed by atoms with E-state index in [1.807, 2.05) is 23.7 Å². The lowest BCUT2D eigenvalue weighted by Crippen LogP contribution is -2.12. The van der Waals surface area contributed by atoms with Crippen LogP contribution in [0.1, 0.15) is 48.5 Å². The van der Waals surface area contributed by atoms with E-state index in [9.17, 15) is 0 Å². The van der Waals surface area contributed by atoms with E-state index in [-0.39, 0.29) is 5.25 Å². The summed E-state index contributed by atoms with van der Waals surface area (Å²) < 4.78 is 7.63. The minimum absolute atomic E-state index is 0.0508. The summed E-state index contributed by atoms with van der Waals surface area (Å²) >= 11 is 1.58. The van der Waals surface area contributed by atoms with E-state index in [2.05, 4.69) is 15.5 Å². The van der Waals surface area contributed by atoms with E-state index in [0.717, 1.165) is 29.5 Å². The molecule has 1 saturated carbocycles. The maximum atomic E-state index is 5.88. The highest BCUT2D eigenvalue weighted by Gasteiger charge is 2.24. The lowest BCUT2D eigenvalue weighted by molar-refractivity contribution is 0.422. The Morgan fingerprint density at radius 2 is 2.25 bits per heavy atom. The van der Waals surface area contributed by atoms with Crippen LogP contribution in [0.4, 0.5) is 0 Å². The molecular formula is C13H19N5OS. The molecule has 0 aliphatic heterocycles. The van der Waals surface area contributed by atoms with Crippen LogP contribution in [0.25, 0.3) is 0 Å². The molecule has 0 aromatic carbocycles. The van der Waals surface area contributed by atoms with Gasteiger partial charge in [-0.05, 0) is 42.3 Å². The third kappa shape index (κ3) is 2.73. The predicted molar refractivity (Wildman–Crippen MR) is 76.4 cm³/mol. The molecule has 1 atom stereocenters. The number of rotatable bonds is 5. The van der Waals surface area contributed by atoms with Gasteiger partial charge in [0, 0.05) is 6.54 Å². The Kier molecular flexibility index (Phi) is 4.07. The highest BCUT2D eigenvalue weighted by Crippen LogP contribution is 2.37. The van der Waals surface area contributed by atoms with Gasteiger partial charge in [-0.2, -0.15) is 0 Å². The maximum Gasteiger partial charge on any atom is 0.210 e. The van der Waals surface area contributed by atoms with Crippen LogP contribution >= 0.6 is 11.8 Å². The van der Waals surface area contributed by atoms with Crippen molar-refractivity contribution in [3.05, 3.63) is 23.7 Å². The SMILES string of the molecule is Cc1ccc(C(CN)Sc2nnnn2C2CCCC2)o1. The first-order valence-electron chi connectivity index (χ1n) is 6.99. The van der Waals surface area contributed by atoms with E-state index in [0.29, 0.717) is 12.6 Å². The van der Waals surface area contributed by atoms with E-state index in [1.54, 1.807) is 11.8 Å². The second-order valence-electron chi connectivity index (χ2n) is 5.13. The van der Waals surface area contributed by atoms with Crippen molar-refractivity contribution in [2.45, 2.75) is 49.1 Å². The molecule has 2 heterocycles. The Balaban J connectivity index is 1.77. The summed E-state index contributed by atoms with van der Waals surface area (Å²) in [4.78, 5) is 0. The molecule has 108 valence electrons. The third-order valence-electron chi connectivity index (χ3n) is 3.67. The summed E-state index contributed by atoms with van der Waals surface area (Å²) in [6.07, 6.45) is 4.83. The Labute approximate surface area is 122 Å². The van der Waals surface area contributed by atoms with Crippen LogP contribution < -0.4 is 5.73 Å². The number of hydrogen-bond donors (Lipinski definition) is 1. The van der Waals surface area contributed by atoms with E-state index in [4.69, 9.17) is 10.2 Å². The Morgan fingerprint density at radius 3 is 2.90 bits per heavy atom. The molecular weight excluding hydrogens is 274 g/mol. The monoisotopic (exact) mass is 293 g/mol. The Bertz CT molecular complexity index is 561. The number of nitrogens with zero attached hydrogens (tertiary/aromatic N) is 4. The Hall–Kier alpha value is -1.34. The van der Waals surface area contributed by atoms with Crippen molar-refractivity contribution in [1.29, 1.82) is 0 Å². The number of nitrogens with two attached hydrogens (primary N) is 1. The van der Waals surface area contributed by atoms with Gasteiger partial charge in [0.2, 0.25) is 5.16 Å². The fraction of sp³-hybridized carbons (Fsp3) is 0.615. The van der Waals surface area contributed by atoms with Crippen LogP contribution in [0.3, 0.4) is 0 Å². The Morgan fingerprint density at radius 1 is 1.45 bits per heavy atom. The van der Waals surface area contributed by atoms with E-state index < -0.39 is 0 Å². The average molecular weight is 293 g/mol. The predicted octanol–water partition coefficient (Wildman–Crippen LogP) is 2.48. The zero-order valence-electron chi connectivity index (χ0n) is 11.5. The standard InChI is InChI=1S/C13H19N5OS/c1-9-6-7-11(19-9)12(8-14)20-13-15-16-17-18(13)10-4-2-3-5-10/h6-7,10,12H,2-5,8,14H2,1H3. The quantitative estimate of drug-likeness (QED) is 0.853. The molecule has 0 amide bonds. The minimum Gasteiger partial charge on any atom is -0.465 e. The molecule has 1 aliphatic rings. The van der Waals surface area contributed by atoms with E-state index in [1.165, 1.54) is 12.8 Å². The molecule has 1 aliphatic carbocycles. The van der Waals surface area contributed by atoms with Gasteiger partial charge in [-0.1, -0.05) is 24.6 Å². The molecule has 1 unspecified atom stereocenters. The molecule has 3 rings (SSSR count). The van der Waals surface area contributed by atoms with Gasteiger partial charge in [-0.3, -0.25) is 0 Å². The van der Waals surface area contributed by atoms with Crippen molar-refractivity contribution in [3.63, 3.8) is 0 Å². The first kappa shape index (κ1) is 13.6. The van der Waals surface area contributed by atoms with Crippen molar-refractivity contribution in [2.75, 3.05) is 6.54 Å². The zero-order chi connectivity index (χ0) is 13.9. The van der Waals surface area contributed by atoms with Gasteiger partial charge in [0.15, 0.2) is 0 Å². The second-order valence-corrected chi connectivity index (χ2v) is 6.30. The van der Waals surface area contributed by atoms with Crippen LogP contribution in [-0.2, 0) is 0 Å². The number of hydrogen-bond acceptors (Lipinski definition) is 6. The molecule has 0 saturated heterocycles. The highest BCUT2D eigenvalue weighted by atomic mass is 32.2. The van der Waals surface area contributed by atoms with Gasteiger partial charge in [0.25, 0.3) is 0 Å². The molecule has 7 heteroatoms. The topological polar surface area (TPSA) is 82.8 Å². The van der Waals surface area contributed by atoms with Gasteiger partial charge in [-0.15, -0.1) is 5.10 Å². The van der Waals surface area contributed by atoms with Gasteiger partial charge >= 0.3 is 0 Å². The third-order valence-corrected chi connectivity index (χ3v) is 4.86. The largest absolute Gasteiger partial charge is 0.465 e. The number of aryl methyl sites for hydroxylation is 1. The first-order chi connectivity index (χ1) is 9.78. The maximum absolute atomic E-state index is 5.88. The first-order valence-corrected chi connectivity index (χ1v) is 7.87. The van der Waals surface area contributed by atoms with Crippen molar-refractivity contribution >= 4 is 11.8 Å². The normalized spacial score (nSPS) is 17.7. The van der Waals surface area contributed by atoms with Crippen molar-refractivity contribution in [2.24, 2.45) is 5.73 Å². The molecule has 2 aromatic heterocycles. The summed E-state index contributed by atoms with van der Waals surface area (Å²) in [6, 6.07) is 4.37. The summed E-state index contributed by atoms with van der Waals surface area (Å²) in [6.45, 7) is 2.43. The summed E-state index contributed by atoms with van der Waals surface area (Å²) in [5, 5.41) is 13.0. The van der Waals surface area contributed by atoms with Crippen LogP contribution in [0.15, 0.2) is 21.7 Å². The molecule has 0 spiro atoms. The lowest BCUT2D eigenvalue weighted by atomic mass is 10.3. The van der Waals surface area contributed by atoms with Gasteiger partial charge in [-0.25, -0.2) is 4.68 Å². The van der Waals surface area contributed by atoms with Gasteiger partial charge < -0.3 is 10.2 Å². The van der Waals surface area contributed by atoms with Gasteiger partial charge in [0.05, 0.1) is 11.3 Å². The van der Waals surface area contributed by atoms with Crippen LogP contribution in [0, 0.1) is 6.92 Å². The number of furan rings is 1. The van der Waals surface area contributed by atoms with Crippen LogP contribution in [0.5, 0.6) is 0 Å². The number of aromatic nitrogens is 4. The summed E-state index contributed by atoms with van der Waals surface area (Å²) in [5.41, 5.74) is 5.88. The molecule has 2 aromatic rings. The number of tetrazole rings is 1. The zero-order valence-corrected chi connectivity index (χ0v) is 12.3. The smallest absolute Gasteiger partial charge is 0.210 e. The molecule has 0 bridgehead atoms. The highest BCUT2D eigenvalue weighted by molar-refractivity contribution is 7.99. The average Bonchev–Trinajstić information content (AvgIpc) is 3.16. The minimum atomic E-state index is 0.0508. The molecule has 6 nitrogen and oxygen atoms in total. The second kappa shape index (κ2) is 5.97. The van der Waals surface area contributed by atoms with Crippen molar-refractivity contribution in [1.82, 2.24) is 20.2 Å².